The minimum atomic E-state index is -0.0781. The van der Waals surface area contributed by atoms with Crippen LogP contribution in [0.15, 0.2) is 22.7 Å². The van der Waals surface area contributed by atoms with Gasteiger partial charge in [0, 0.05) is 19.6 Å². The van der Waals surface area contributed by atoms with E-state index in [2.05, 4.69) is 20.4 Å². The number of ether oxygens (including phenoxy) is 1. The molecule has 1 unspecified atom stereocenters. The number of nitrogens with zero attached hydrogens (tertiary/aromatic N) is 4. The first-order valence-corrected chi connectivity index (χ1v) is 8.23. The molecule has 1 N–H and O–H groups in total. The molecule has 24 heavy (non-hydrogen) atoms. The molecule has 0 radical (unpaired) electrons. The maximum absolute atomic E-state index is 12.5. The Balaban J connectivity index is 1.55. The number of carbonyl (C=O) groups is 1. The number of hydrogen-bond acceptors (Lipinski definition) is 7. The van der Waals surface area contributed by atoms with Crippen LogP contribution in [0.4, 0.5) is 0 Å². The molecule has 0 saturated carbocycles. The van der Waals surface area contributed by atoms with E-state index in [-0.39, 0.29) is 11.9 Å². The Morgan fingerprint density at radius 3 is 2.92 bits per heavy atom. The van der Waals surface area contributed by atoms with E-state index < -0.39 is 0 Å². The maximum atomic E-state index is 12.5. The lowest BCUT2D eigenvalue weighted by Crippen LogP contribution is -2.35. The fourth-order valence-electron chi connectivity index (χ4n) is 2.97. The van der Waals surface area contributed by atoms with Gasteiger partial charge in [-0.1, -0.05) is 11.2 Å². The van der Waals surface area contributed by atoms with Crippen LogP contribution in [0.1, 0.15) is 35.2 Å². The molecule has 8 heteroatoms. The molecular weight excluding hydrogens is 310 g/mol. The number of carbonyl (C=O) groups excluding carboxylic acids is 1. The summed E-state index contributed by atoms with van der Waals surface area (Å²) in [5, 5.41) is 7.28. The molecule has 4 heterocycles. The molecule has 2 aromatic rings. The monoisotopic (exact) mass is 329 g/mol. The van der Waals surface area contributed by atoms with E-state index in [1.54, 1.807) is 18.2 Å². The second kappa shape index (κ2) is 6.66. The van der Waals surface area contributed by atoms with Gasteiger partial charge in [0.1, 0.15) is 11.4 Å². The molecule has 2 aliphatic heterocycles. The van der Waals surface area contributed by atoms with Gasteiger partial charge in [-0.05, 0) is 25.0 Å². The largest absolute Gasteiger partial charge is 0.378 e. The summed E-state index contributed by atoms with van der Waals surface area (Å²) < 4.78 is 10.7. The van der Waals surface area contributed by atoms with Crippen LogP contribution in [-0.2, 0) is 4.74 Å². The summed E-state index contributed by atoms with van der Waals surface area (Å²) in [5.74, 6) is 0.813. The smallest absolute Gasteiger partial charge is 0.276 e. The van der Waals surface area contributed by atoms with Crippen molar-refractivity contribution in [2.24, 2.45) is 0 Å². The first-order chi connectivity index (χ1) is 11.8. The van der Waals surface area contributed by atoms with Gasteiger partial charge in [-0.15, -0.1) is 0 Å². The molecular formula is C16H19N5O3. The zero-order valence-corrected chi connectivity index (χ0v) is 13.3. The van der Waals surface area contributed by atoms with E-state index in [4.69, 9.17) is 9.26 Å². The lowest BCUT2D eigenvalue weighted by molar-refractivity contribution is 0.0734. The quantitative estimate of drug-likeness (QED) is 0.899. The molecule has 2 aliphatic rings. The topological polar surface area (TPSA) is 93.4 Å². The molecule has 0 aliphatic carbocycles. The van der Waals surface area contributed by atoms with Crippen LogP contribution in [0.25, 0.3) is 11.6 Å². The number of likely N-dealkylation sites (tertiary alicyclic amines) is 1. The lowest BCUT2D eigenvalue weighted by Gasteiger charge is -2.20. The number of aromatic nitrogens is 3. The van der Waals surface area contributed by atoms with Crippen LogP contribution in [0.5, 0.6) is 0 Å². The Morgan fingerprint density at radius 2 is 2.12 bits per heavy atom. The highest BCUT2D eigenvalue weighted by Crippen LogP contribution is 2.20. The average molecular weight is 329 g/mol. The van der Waals surface area contributed by atoms with Crippen LogP contribution in [0, 0.1) is 0 Å². The number of rotatable bonds is 3. The third kappa shape index (κ3) is 3.02. The number of pyridine rings is 1. The third-order valence-electron chi connectivity index (χ3n) is 4.26. The number of amides is 1. The number of hydrogen-bond donors (Lipinski definition) is 1. The highest BCUT2D eigenvalue weighted by molar-refractivity contribution is 5.92. The Bertz CT molecular complexity index is 720. The number of nitrogens with one attached hydrogen (secondary N) is 1. The molecule has 2 saturated heterocycles. The lowest BCUT2D eigenvalue weighted by atomic mass is 10.2. The SMILES string of the molecule is O=C(c1cccc(-c2nc(C3COCCN3)no2)n1)N1CCCC1. The molecule has 126 valence electrons. The maximum Gasteiger partial charge on any atom is 0.276 e. The van der Waals surface area contributed by atoms with Gasteiger partial charge >= 0.3 is 0 Å². The Morgan fingerprint density at radius 1 is 1.25 bits per heavy atom. The normalized spacial score (nSPS) is 21.2. The van der Waals surface area contributed by atoms with Gasteiger partial charge < -0.3 is 19.5 Å². The minimum Gasteiger partial charge on any atom is -0.378 e. The fourth-order valence-corrected chi connectivity index (χ4v) is 2.97. The molecule has 0 bridgehead atoms. The van der Waals surface area contributed by atoms with Crippen LogP contribution in [0.2, 0.25) is 0 Å². The minimum absolute atomic E-state index is 0.0450. The molecule has 8 nitrogen and oxygen atoms in total. The second-order valence-corrected chi connectivity index (χ2v) is 5.95. The second-order valence-electron chi connectivity index (χ2n) is 5.95. The van der Waals surface area contributed by atoms with Gasteiger partial charge in [-0.3, -0.25) is 4.79 Å². The van der Waals surface area contributed by atoms with Crippen molar-refractivity contribution in [2.45, 2.75) is 18.9 Å². The van der Waals surface area contributed by atoms with E-state index >= 15 is 0 Å². The highest BCUT2D eigenvalue weighted by Gasteiger charge is 2.24. The van der Waals surface area contributed by atoms with Crippen molar-refractivity contribution < 1.29 is 14.1 Å². The van der Waals surface area contributed by atoms with Crippen molar-refractivity contribution >= 4 is 5.91 Å². The van der Waals surface area contributed by atoms with Gasteiger partial charge in [-0.25, -0.2) is 4.98 Å². The van der Waals surface area contributed by atoms with Crippen molar-refractivity contribution in [1.29, 1.82) is 0 Å². The Kier molecular flexibility index (Phi) is 4.22. The van der Waals surface area contributed by atoms with Crippen LogP contribution < -0.4 is 5.32 Å². The van der Waals surface area contributed by atoms with Crippen LogP contribution in [-0.4, -0.2) is 58.8 Å². The van der Waals surface area contributed by atoms with Crippen molar-refractivity contribution in [1.82, 2.24) is 25.3 Å². The molecule has 0 spiro atoms. The summed E-state index contributed by atoms with van der Waals surface area (Å²) in [6, 6.07) is 5.20. The number of morpholine rings is 1. The van der Waals surface area contributed by atoms with Crippen LogP contribution in [0.3, 0.4) is 0 Å². The molecule has 1 amide bonds. The van der Waals surface area contributed by atoms with E-state index in [1.807, 2.05) is 4.90 Å². The van der Waals surface area contributed by atoms with E-state index in [9.17, 15) is 4.79 Å². The van der Waals surface area contributed by atoms with Crippen molar-refractivity contribution in [2.75, 3.05) is 32.8 Å². The highest BCUT2D eigenvalue weighted by atomic mass is 16.5. The standard InChI is InChI=1S/C16H19N5O3/c22-16(21-7-1-2-8-21)12-5-3-4-11(18-12)15-19-14(20-24-15)13-10-23-9-6-17-13/h3-5,13,17H,1-2,6-10H2. The van der Waals surface area contributed by atoms with Gasteiger partial charge in [0.15, 0.2) is 5.82 Å². The average Bonchev–Trinajstić information content (AvgIpc) is 3.34. The third-order valence-corrected chi connectivity index (χ3v) is 4.26. The predicted molar refractivity (Wildman–Crippen MR) is 84.2 cm³/mol. The Labute approximate surface area is 139 Å². The summed E-state index contributed by atoms with van der Waals surface area (Å²) in [6.45, 7) is 3.54. The van der Waals surface area contributed by atoms with Crippen LogP contribution >= 0.6 is 0 Å². The van der Waals surface area contributed by atoms with Gasteiger partial charge in [0.2, 0.25) is 0 Å². The van der Waals surface area contributed by atoms with Crippen molar-refractivity contribution in [3.05, 3.63) is 29.7 Å². The molecule has 2 fully saturated rings. The Hall–Kier alpha value is -2.32. The summed E-state index contributed by atoms with van der Waals surface area (Å²) in [4.78, 5) is 23.1. The predicted octanol–water partition coefficient (Wildman–Crippen LogP) is 1.03. The van der Waals surface area contributed by atoms with E-state index in [0.29, 0.717) is 36.3 Å². The summed E-state index contributed by atoms with van der Waals surface area (Å²) in [6.07, 6.45) is 2.10. The first kappa shape index (κ1) is 15.2. The van der Waals surface area contributed by atoms with Gasteiger partial charge in [-0.2, -0.15) is 4.98 Å². The molecule has 2 aromatic heterocycles. The summed E-state index contributed by atoms with van der Waals surface area (Å²) in [5.41, 5.74) is 0.920. The zero-order chi connectivity index (χ0) is 16.4. The van der Waals surface area contributed by atoms with E-state index in [0.717, 1.165) is 32.5 Å². The molecule has 4 rings (SSSR count). The summed E-state index contributed by atoms with van der Waals surface area (Å²) >= 11 is 0. The van der Waals surface area contributed by atoms with Crippen molar-refractivity contribution in [3.8, 4) is 11.6 Å². The van der Waals surface area contributed by atoms with Crippen molar-refractivity contribution in [3.63, 3.8) is 0 Å². The van der Waals surface area contributed by atoms with E-state index in [1.165, 1.54) is 0 Å². The first-order valence-electron chi connectivity index (χ1n) is 8.23. The molecule has 1 atom stereocenters. The molecule has 0 aromatic carbocycles. The summed E-state index contributed by atoms with van der Waals surface area (Å²) in [7, 11) is 0. The van der Waals surface area contributed by atoms with Gasteiger partial charge in [0.25, 0.3) is 11.8 Å². The zero-order valence-electron chi connectivity index (χ0n) is 13.3. The van der Waals surface area contributed by atoms with Gasteiger partial charge in [0.05, 0.1) is 19.3 Å². The fraction of sp³-hybridized carbons (Fsp3) is 0.500.